The minimum absolute atomic E-state index is 0.375. The molecule has 0 aliphatic heterocycles. The minimum Gasteiger partial charge on any atom is -0.313 e. The van der Waals surface area contributed by atoms with E-state index in [1.54, 1.807) is 6.92 Å². The molecule has 20 heavy (non-hydrogen) atoms. The Hall–Kier alpha value is -0.910. The van der Waals surface area contributed by atoms with Gasteiger partial charge in [0, 0.05) is 19.1 Å². The minimum atomic E-state index is -3.20. The lowest BCUT2D eigenvalue weighted by molar-refractivity contribution is 0.555. The predicted molar refractivity (Wildman–Crippen MR) is 82.2 cm³/mol. The molecule has 0 spiro atoms. The molecule has 0 aromatic heterocycles. The Morgan fingerprint density at radius 2 is 1.95 bits per heavy atom. The number of sulfonamides is 1. The van der Waals surface area contributed by atoms with Crippen molar-refractivity contribution in [2.24, 2.45) is 0 Å². The highest BCUT2D eigenvalue weighted by Gasteiger charge is 2.25. The lowest BCUT2D eigenvalue weighted by atomic mass is 10.1. The van der Waals surface area contributed by atoms with Crippen molar-refractivity contribution in [2.45, 2.75) is 43.9 Å². The van der Waals surface area contributed by atoms with Crippen LogP contribution in [0.4, 0.5) is 0 Å². The van der Waals surface area contributed by atoms with E-state index < -0.39 is 10.0 Å². The van der Waals surface area contributed by atoms with Crippen LogP contribution in [0.25, 0.3) is 0 Å². The second-order valence-corrected chi connectivity index (χ2v) is 7.71. The summed E-state index contributed by atoms with van der Waals surface area (Å²) < 4.78 is 26.8. The summed E-state index contributed by atoms with van der Waals surface area (Å²) in [6.45, 7) is 2.80. The van der Waals surface area contributed by atoms with E-state index in [1.807, 2.05) is 18.2 Å². The highest BCUT2D eigenvalue weighted by molar-refractivity contribution is 7.90. The number of hydrogen-bond acceptors (Lipinski definition) is 3. The Balaban J connectivity index is 1.66. The largest absolute Gasteiger partial charge is 0.313 e. The van der Waals surface area contributed by atoms with E-state index in [4.69, 9.17) is 0 Å². The quantitative estimate of drug-likeness (QED) is 0.682. The lowest BCUT2D eigenvalue weighted by Crippen LogP contribution is -2.40. The summed E-state index contributed by atoms with van der Waals surface area (Å²) in [5.74, 6) is 0. The molecule has 5 heteroatoms. The summed E-state index contributed by atoms with van der Waals surface area (Å²) in [5, 5.41) is 2.88. The molecule has 1 aliphatic carbocycles. The summed E-state index contributed by atoms with van der Waals surface area (Å²) >= 11 is 0. The van der Waals surface area contributed by atoms with Crippen molar-refractivity contribution in [3.8, 4) is 0 Å². The molecule has 1 atom stereocenters. The number of nitrogens with one attached hydrogen (secondary N) is 2. The number of rotatable bonds is 9. The zero-order chi connectivity index (χ0) is 14.4. The van der Waals surface area contributed by atoms with E-state index in [2.05, 4.69) is 22.2 Å². The molecule has 1 unspecified atom stereocenters. The van der Waals surface area contributed by atoms with Gasteiger partial charge in [-0.25, -0.2) is 13.1 Å². The van der Waals surface area contributed by atoms with Crippen LogP contribution in [0.3, 0.4) is 0 Å². The van der Waals surface area contributed by atoms with Crippen molar-refractivity contribution in [1.82, 2.24) is 10.0 Å². The van der Waals surface area contributed by atoms with Crippen molar-refractivity contribution in [2.75, 3.05) is 13.1 Å². The molecule has 112 valence electrons. The van der Waals surface area contributed by atoms with Gasteiger partial charge < -0.3 is 5.32 Å². The fraction of sp³-hybridized carbons (Fsp3) is 0.600. The van der Waals surface area contributed by atoms with E-state index in [-0.39, 0.29) is 5.25 Å². The van der Waals surface area contributed by atoms with E-state index in [0.29, 0.717) is 19.1 Å². The first-order chi connectivity index (χ1) is 9.58. The Bertz CT molecular complexity index is 498. The molecule has 2 N–H and O–H groups in total. The van der Waals surface area contributed by atoms with Crippen molar-refractivity contribution < 1.29 is 8.42 Å². The first-order valence-corrected chi connectivity index (χ1v) is 8.88. The van der Waals surface area contributed by atoms with Gasteiger partial charge in [-0.3, -0.25) is 0 Å². The van der Waals surface area contributed by atoms with Gasteiger partial charge >= 0.3 is 0 Å². The number of aryl methyl sites for hydroxylation is 1. The molecule has 1 aromatic rings. The average molecular weight is 296 g/mol. The zero-order valence-corrected chi connectivity index (χ0v) is 12.8. The zero-order valence-electron chi connectivity index (χ0n) is 12.0. The molecule has 0 radical (unpaired) electrons. The third-order valence-electron chi connectivity index (χ3n) is 3.59. The first-order valence-electron chi connectivity index (χ1n) is 7.34. The van der Waals surface area contributed by atoms with Gasteiger partial charge in [-0.15, -0.1) is 0 Å². The Labute approximate surface area is 122 Å². The van der Waals surface area contributed by atoms with Gasteiger partial charge in [-0.05, 0) is 38.2 Å². The fourth-order valence-corrected chi connectivity index (χ4v) is 3.05. The van der Waals surface area contributed by atoms with Gasteiger partial charge in [0.25, 0.3) is 0 Å². The maximum atomic E-state index is 12.0. The molecule has 1 aromatic carbocycles. The molecular weight excluding hydrogens is 272 g/mol. The Morgan fingerprint density at radius 1 is 1.25 bits per heavy atom. The third kappa shape index (κ3) is 5.23. The van der Waals surface area contributed by atoms with Gasteiger partial charge in [0.2, 0.25) is 10.0 Å². The van der Waals surface area contributed by atoms with E-state index in [1.165, 1.54) is 18.4 Å². The van der Waals surface area contributed by atoms with Crippen molar-refractivity contribution >= 4 is 10.0 Å². The van der Waals surface area contributed by atoms with Crippen LogP contribution in [0.2, 0.25) is 0 Å². The van der Waals surface area contributed by atoms with Crippen LogP contribution in [0, 0.1) is 0 Å². The van der Waals surface area contributed by atoms with Gasteiger partial charge in [-0.1, -0.05) is 30.3 Å². The van der Waals surface area contributed by atoms with Crippen molar-refractivity contribution in [1.29, 1.82) is 0 Å². The molecule has 2 rings (SSSR count). The van der Waals surface area contributed by atoms with Crippen LogP contribution in [0.1, 0.15) is 31.7 Å². The Morgan fingerprint density at radius 3 is 2.60 bits per heavy atom. The monoisotopic (exact) mass is 296 g/mol. The summed E-state index contributed by atoms with van der Waals surface area (Å²) in [6, 6.07) is 10.7. The maximum Gasteiger partial charge on any atom is 0.215 e. The van der Waals surface area contributed by atoms with E-state index >= 15 is 0 Å². The van der Waals surface area contributed by atoms with E-state index in [9.17, 15) is 8.42 Å². The van der Waals surface area contributed by atoms with Gasteiger partial charge in [0.1, 0.15) is 0 Å². The second-order valence-electron chi connectivity index (χ2n) is 5.52. The highest BCUT2D eigenvalue weighted by atomic mass is 32.2. The maximum absolute atomic E-state index is 12.0. The molecule has 1 fully saturated rings. The number of hydrogen-bond donors (Lipinski definition) is 2. The average Bonchev–Trinajstić information content (AvgIpc) is 3.26. The third-order valence-corrected chi connectivity index (χ3v) is 5.42. The van der Waals surface area contributed by atoms with Crippen LogP contribution in [-0.2, 0) is 16.4 Å². The topological polar surface area (TPSA) is 58.2 Å². The van der Waals surface area contributed by atoms with Gasteiger partial charge in [0.05, 0.1) is 5.25 Å². The first kappa shape index (κ1) is 15.5. The fourth-order valence-electron chi connectivity index (χ4n) is 2.02. The van der Waals surface area contributed by atoms with Crippen LogP contribution in [0.5, 0.6) is 0 Å². The van der Waals surface area contributed by atoms with Gasteiger partial charge in [-0.2, -0.15) is 0 Å². The Kier molecular flexibility index (Phi) is 5.57. The summed E-state index contributed by atoms with van der Waals surface area (Å²) in [6.07, 6.45) is 4.08. The lowest BCUT2D eigenvalue weighted by Gasteiger charge is -2.14. The molecule has 1 aliphatic rings. The van der Waals surface area contributed by atoms with Crippen molar-refractivity contribution in [3.05, 3.63) is 35.9 Å². The summed E-state index contributed by atoms with van der Waals surface area (Å²) in [7, 11) is -3.20. The smallest absolute Gasteiger partial charge is 0.215 e. The molecule has 0 saturated heterocycles. The summed E-state index contributed by atoms with van der Waals surface area (Å²) in [4.78, 5) is 0. The standard InChI is InChI=1S/C15H24N2O2S/c1-13(12-16-15-9-10-15)20(18,19)17-11-5-8-14-6-3-2-4-7-14/h2-4,6-7,13,15-17H,5,8-12H2,1H3. The van der Waals surface area contributed by atoms with Gasteiger partial charge in [0.15, 0.2) is 0 Å². The predicted octanol–water partition coefficient (Wildman–Crippen LogP) is 1.68. The molecular formula is C15H24N2O2S. The SMILES string of the molecule is CC(CNC1CC1)S(=O)(=O)NCCCc1ccccc1. The van der Waals surface area contributed by atoms with Crippen LogP contribution < -0.4 is 10.0 Å². The van der Waals surface area contributed by atoms with Crippen molar-refractivity contribution in [3.63, 3.8) is 0 Å². The second kappa shape index (κ2) is 7.20. The molecule has 4 nitrogen and oxygen atoms in total. The number of benzene rings is 1. The molecule has 0 heterocycles. The van der Waals surface area contributed by atoms with Crippen LogP contribution >= 0.6 is 0 Å². The normalized spacial score (nSPS) is 17.1. The molecule has 1 saturated carbocycles. The van der Waals surface area contributed by atoms with Crippen LogP contribution in [-0.4, -0.2) is 32.8 Å². The molecule has 0 bridgehead atoms. The van der Waals surface area contributed by atoms with Crippen LogP contribution in [0.15, 0.2) is 30.3 Å². The highest BCUT2D eigenvalue weighted by Crippen LogP contribution is 2.18. The van der Waals surface area contributed by atoms with E-state index in [0.717, 1.165) is 12.8 Å². The molecule has 0 amide bonds. The summed E-state index contributed by atoms with van der Waals surface area (Å²) in [5.41, 5.74) is 1.25.